The van der Waals surface area contributed by atoms with Crippen LogP contribution in [0.3, 0.4) is 0 Å². The van der Waals surface area contributed by atoms with Crippen LogP contribution in [-0.4, -0.2) is 17.2 Å². The monoisotopic (exact) mass is 232 g/mol. The van der Waals surface area contributed by atoms with Crippen LogP contribution in [0.4, 0.5) is 0 Å². The number of nitrogens with one attached hydrogen (secondary N) is 1. The van der Waals surface area contributed by atoms with E-state index in [1.54, 1.807) is 0 Å². The highest BCUT2D eigenvalue weighted by Crippen LogP contribution is 2.22. The molecule has 1 heterocycles. The van der Waals surface area contributed by atoms with Gasteiger partial charge in [-0.2, -0.15) is 0 Å². The van der Waals surface area contributed by atoms with Crippen molar-refractivity contribution in [1.29, 1.82) is 0 Å². The van der Waals surface area contributed by atoms with Crippen LogP contribution in [0.5, 0.6) is 0 Å². The summed E-state index contributed by atoms with van der Waals surface area (Å²) in [6, 6.07) is 4.86. The fourth-order valence-electron chi connectivity index (χ4n) is 2.34. The summed E-state index contributed by atoms with van der Waals surface area (Å²) in [4.78, 5) is 8.14. The standard InChI is InChI=1S/C15H24N2/c1-15(2,3)14-10-9-13(17-14)11-16-12-7-5-4-6-8-12/h9-12,17H,4-8H2,1-3H3. The van der Waals surface area contributed by atoms with E-state index in [0.29, 0.717) is 6.04 Å². The Bertz CT molecular complexity index is 376. The molecule has 1 saturated carbocycles. The molecule has 1 N–H and O–H groups in total. The molecule has 1 fully saturated rings. The van der Waals surface area contributed by atoms with E-state index < -0.39 is 0 Å². The largest absolute Gasteiger partial charge is 0.357 e. The minimum atomic E-state index is 0.191. The van der Waals surface area contributed by atoms with Crippen molar-refractivity contribution in [2.75, 3.05) is 0 Å². The van der Waals surface area contributed by atoms with Gasteiger partial charge in [0, 0.05) is 17.3 Å². The summed E-state index contributed by atoms with van der Waals surface area (Å²) in [5.74, 6) is 0. The number of hydrogen-bond donors (Lipinski definition) is 1. The summed E-state index contributed by atoms with van der Waals surface area (Å²) in [5.41, 5.74) is 2.61. The molecule has 1 aliphatic carbocycles. The van der Waals surface area contributed by atoms with Crippen molar-refractivity contribution in [1.82, 2.24) is 4.98 Å². The molecule has 17 heavy (non-hydrogen) atoms. The highest BCUT2D eigenvalue weighted by molar-refractivity contribution is 5.77. The van der Waals surface area contributed by atoms with Crippen molar-refractivity contribution in [2.24, 2.45) is 4.99 Å². The summed E-state index contributed by atoms with van der Waals surface area (Å²) in [6.45, 7) is 6.67. The van der Waals surface area contributed by atoms with Gasteiger partial charge in [0.05, 0.1) is 11.7 Å². The quantitative estimate of drug-likeness (QED) is 0.745. The molecule has 2 heteroatoms. The number of aliphatic imine (C=N–C) groups is 1. The number of aromatic amines is 1. The first-order valence-corrected chi connectivity index (χ1v) is 6.78. The fraction of sp³-hybridized carbons (Fsp3) is 0.667. The lowest BCUT2D eigenvalue weighted by atomic mass is 9.93. The van der Waals surface area contributed by atoms with Crippen molar-refractivity contribution in [3.63, 3.8) is 0 Å². The van der Waals surface area contributed by atoms with Gasteiger partial charge < -0.3 is 4.98 Å². The number of H-pyrrole nitrogens is 1. The van der Waals surface area contributed by atoms with E-state index in [-0.39, 0.29) is 5.41 Å². The molecule has 1 aliphatic rings. The Kier molecular flexibility index (Phi) is 3.70. The minimum absolute atomic E-state index is 0.191. The first-order chi connectivity index (χ1) is 8.05. The summed E-state index contributed by atoms with van der Waals surface area (Å²) >= 11 is 0. The minimum Gasteiger partial charge on any atom is -0.357 e. The predicted octanol–water partition coefficient (Wildman–Crippen LogP) is 4.06. The van der Waals surface area contributed by atoms with Gasteiger partial charge in [-0.3, -0.25) is 4.99 Å². The molecule has 0 saturated heterocycles. The lowest BCUT2D eigenvalue weighted by Gasteiger charge is -2.17. The average Bonchev–Trinajstić information content (AvgIpc) is 2.76. The Morgan fingerprint density at radius 1 is 1.18 bits per heavy atom. The Morgan fingerprint density at radius 3 is 2.47 bits per heavy atom. The van der Waals surface area contributed by atoms with Crippen LogP contribution in [0, 0.1) is 0 Å². The van der Waals surface area contributed by atoms with Crippen LogP contribution in [0.2, 0.25) is 0 Å². The average molecular weight is 232 g/mol. The van der Waals surface area contributed by atoms with Gasteiger partial charge >= 0.3 is 0 Å². The van der Waals surface area contributed by atoms with Crippen LogP contribution in [0.15, 0.2) is 17.1 Å². The van der Waals surface area contributed by atoms with Crippen molar-refractivity contribution in [3.8, 4) is 0 Å². The second-order valence-corrected chi connectivity index (χ2v) is 6.15. The van der Waals surface area contributed by atoms with E-state index in [1.165, 1.54) is 37.8 Å². The smallest absolute Gasteiger partial charge is 0.0564 e. The van der Waals surface area contributed by atoms with E-state index in [1.807, 2.05) is 6.21 Å². The Labute approximate surface area is 105 Å². The molecular weight excluding hydrogens is 208 g/mol. The van der Waals surface area contributed by atoms with Gasteiger partial charge in [-0.15, -0.1) is 0 Å². The molecule has 1 aromatic rings. The zero-order valence-electron chi connectivity index (χ0n) is 11.3. The van der Waals surface area contributed by atoms with E-state index in [9.17, 15) is 0 Å². The second-order valence-electron chi connectivity index (χ2n) is 6.15. The van der Waals surface area contributed by atoms with Gasteiger partial charge in [-0.25, -0.2) is 0 Å². The molecule has 2 rings (SSSR count). The first kappa shape index (κ1) is 12.4. The number of hydrogen-bond acceptors (Lipinski definition) is 1. The lowest BCUT2D eigenvalue weighted by Crippen LogP contribution is -2.12. The van der Waals surface area contributed by atoms with Crippen LogP contribution >= 0.6 is 0 Å². The van der Waals surface area contributed by atoms with Crippen molar-refractivity contribution in [2.45, 2.75) is 64.3 Å². The van der Waals surface area contributed by atoms with Gasteiger partial charge in [0.1, 0.15) is 0 Å². The van der Waals surface area contributed by atoms with Crippen molar-refractivity contribution < 1.29 is 0 Å². The highest BCUT2D eigenvalue weighted by atomic mass is 14.8. The number of aromatic nitrogens is 1. The van der Waals surface area contributed by atoms with Crippen molar-refractivity contribution in [3.05, 3.63) is 23.5 Å². The van der Waals surface area contributed by atoms with E-state index in [2.05, 4.69) is 37.9 Å². The molecule has 2 nitrogen and oxygen atoms in total. The second kappa shape index (κ2) is 5.07. The third kappa shape index (κ3) is 3.45. The predicted molar refractivity (Wildman–Crippen MR) is 74.0 cm³/mol. The van der Waals surface area contributed by atoms with Gasteiger partial charge in [0.2, 0.25) is 0 Å². The molecule has 0 aromatic carbocycles. The van der Waals surface area contributed by atoms with Crippen LogP contribution < -0.4 is 0 Å². The Balaban J connectivity index is 1.98. The molecule has 0 unspecified atom stereocenters. The topological polar surface area (TPSA) is 28.1 Å². The SMILES string of the molecule is CC(C)(C)c1ccc(C=NC2CCCCC2)[nH]1. The van der Waals surface area contributed by atoms with Crippen molar-refractivity contribution >= 4 is 6.21 Å². The van der Waals surface area contributed by atoms with Gasteiger partial charge in [0.25, 0.3) is 0 Å². The molecule has 0 spiro atoms. The first-order valence-electron chi connectivity index (χ1n) is 6.78. The van der Waals surface area contributed by atoms with Crippen LogP contribution in [-0.2, 0) is 5.41 Å². The lowest BCUT2D eigenvalue weighted by molar-refractivity contribution is 0.444. The third-order valence-electron chi connectivity index (χ3n) is 3.52. The van der Waals surface area contributed by atoms with E-state index >= 15 is 0 Å². The normalized spacial score (nSPS) is 19.0. The van der Waals surface area contributed by atoms with Crippen LogP contribution in [0.1, 0.15) is 64.3 Å². The molecular formula is C15H24N2. The molecule has 94 valence electrons. The van der Waals surface area contributed by atoms with Crippen LogP contribution in [0.25, 0.3) is 0 Å². The molecule has 1 aromatic heterocycles. The van der Waals surface area contributed by atoms with E-state index in [0.717, 1.165) is 5.69 Å². The summed E-state index contributed by atoms with van der Waals surface area (Å²) < 4.78 is 0. The number of rotatable bonds is 2. The Hall–Kier alpha value is -1.05. The maximum absolute atomic E-state index is 4.69. The zero-order chi connectivity index (χ0) is 12.3. The maximum atomic E-state index is 4.69. The fourth-order valence-corrected chi connectivity index (χ4v) is 2.34. The molecule has 0 atom stereocenters. The third-order valence-corrected chi connectivity index (χ3v) is 3.52. The molecule has 0 radical (unpaired) electrons. The highest BCUT2D eigenvalue weighted by Gasteiger charge is 2.15. The van der Waals surface area contributed by atoms with E-state index in [4.69, 9.17) is 4.99 Å². The molecule has 0 amide bonds. The molecule has 0 bridgehead atoms. The number of nitrogens with zero attached hydrogens (tertiary/aromatic N) is 1. The Morgan fingerprint density at radius 2 is 1.88 bits per heavy atom. The van der Waals surface area contributed by atoms with Gasteiger partial charge in [0.15, 0.2) is 0 Å². The summed E-state index contributed by atoms with van der Waals surface area (Å²) in [6.07, 6.45) is 8.64. The summed E-state index contributed by atoms with van der Waals surface area (Å²) in [7, 11) is 0. The molecule has 0 aliphatic heterocycles. The van der Waals surface area contributed by atoms with Gasteiger partial charge in [-0.1, -0.05) is 40.0 Å². The van der Waals surface area contributed by atoms with Gasteiger partial charge in [-0.05, 0) is 25.0 Å². The zero-order valence-corrected chi connectivity index (χ0v) is 11.3. The maximum Gasteiger partial charge on any atom is 0.0564 e. The summed E-state index contributed by atoms with van der Waals surface area (Å²) in [5, 5.41) is 0.